The number of likely N-dealkylation sites (N-methyl/N-ethyl adjacent to an activating group) is 1. The lowest BCUT2D eigenvalue weighted by Crippen LogP contribution is -2.39. The molecule has 0 aromatic heterocycles. The van der Waals surface area contributed by atoms with Gasteiger partial charge in [-0.15, -0.1) is 0 Å². The molecule has 1 fully saturated rings. The third kappa shape index (κ3) is 5.04. The van der Waals surface area contributed by atoms with Crippen LogP contribution >= 0.6 is 0 Å². The summed E-state index contributed by atoms with van der Waals surface area (Å²) in [5.74, 6) is -1.11. The van der Waals surface area contributed by atoms with E-state index in [1.807, 2.05) is 0 Å². The molecule has 0 saturated carbocycles. The zero-order chi connectivity index (χ0) is 22.0. The number of aliphatic imine (C=N–C) groups is 1. The van der Waals surface area contributed by atoms with Gasteiger partial charge in [-0.3, -0.25) is 9.69 Å². The summed E-state index contributed by atoms with van der Waals surface area (Å²) in [6, 6.07) is 5.28. The van der Waals surface area contributed by atoms with Crippen molar-refractivity contribution in [1.29, 1.82) is 5.26 Å². The molecule has 1 aliphatic heterocycles. The molecule has 1 saturated heterocycles. The summed E-state index contributed by atoms with van der Waals surface area (Å²) in [5.41, 5.74) is 3.78. The summed E-state index contributed by atoms with van der Waals surface area (Å²) in [6.07, 6.45) is -3.70. The molecular formula is C18H19F3N6O2. The fraction of sp³-hybridized carbons (Fsp3) is 0.333. The predicted molar refractivity (Wildman–Crippen MR) is 99.5 cm³/mol. The lowest BCUT2D eigenvalue weighted by Gasteiger charge is -2.18. The van der Waals surface area contributed by atoms with Crippen LogP contribution in [0.3, 0.4) is 0 Å². The van der Waals surface area contributed by atoms with Gasteiger partial charge in [0.15, 0.2) is 0 Å². The molecule has 0 unspecified atom stereocenters. The van der Waals surface area contributed by atoms with Gasteiger partial charge < -0.3 is 16.0 Å². The van der Waals surface area contributed by atoms with Crippen LogP contribution in [0.5, 0.6) is 0 Å². The molecule has 1 aromatic rings. The summed E-state index contributed by atoms with van der Waals surface area (Å²) in [7, 11) is 1.23. The molecular weight excluding hydrogens is 389 g/mol. The molecule has 8 nitrogen and oxygen atoms in total. The van der Waals surface area contributed by atoms with Crippen LogP contribution < -0.4 is 16.0 Å². The first kappa shape index (κ1) is 21.7. The Morgan fingerprint density at radius 1 is 1.45 bits per heavy atom. The molecule has 3 N–H and O–H groups in total. The molecule has 0 bridgehead atoms. The molecule has 1 aliphatic rings. The van der Waals surface area contributed by atoms with Crippen LogP contribution in [0.1, 0.15) is 19.4 Å². The third-order valence-electron chi connectivity index (χ3n) is 4.06. The third-order valence-corrected chi connectivity index (χ3v) is 4.06. The molecule has 0 spiro atoms. The van der Waals surface area contributed by atoms with Crippen LogP contribution in [0.25, 0.3) is 0 Å². The molecule has 0 radical (unpaired) electrons. The lowest BCUT2D eigenvalue weighted by molar-refractivity contribution is -0.137. The number of carbonyl (C=O) groups excluding carboxylic acids is 2. The van der Waals surface area contributed by atoms with Crippen LogP contribution in [0.2, 0.25) is 0 Å². The van der Waals surface area contributed by atoms with Gasteiger partial charge in [0.2, 0.25) is 5.96 Å². The summed E-state index contributed by atoms with van der Waals surface area (Å²) in [5, 5.41) is 11.9. The van der Waals surface area contributed by atoms with E-state index in [4.69, 9.17) is 5.73 Å². The van der Waals surface area contributed by atoms with Gasteiger partial charge in [-0.25, -0.2) is 9.79 Å². The minimum atomic E-state index is -4.57. The number of hydrogen-bond donors (Lipinski definition) is 2. The molecule has 0 aliphatic carbocycles. The quantitative estimate of drug-likeness (QED) is 0.345. The second kappa shape index (κ2) is 7.83. The van der Waals surface area contributed by atoms with Crippen molar-refractivity contribution in [3.8, 4) is 6.07 Å². The Balaban J connectivity index is 2.24. The van der Waals surface area contributed by atoms with Gasteiger partial charge in [-0.05, 0) is 32.0 Å². The van der Waals surface area contributed by atoms with E-state index in [1.54, 1.807) is 19.9 Å². The number of hydrogen-bond acceptors (Lipinski definition) is 4. The van der Waals surface area contributed by atoms with E-state index in [-0.39, 0.29) is 18.2 Å². The summed E-state index contributed by atoms with van der Waals surface area (Å²) in [6.45, 7) is 3.79. The maximum atomic E-state index is 12.9. The minimum Gasteiger partial charge on any atom is -0.369 e. The first-order valence-corrected chi connectivity index (χ1v) is 8.34. The molecule has 1 heterocycles. The fourth-order valence-electron chi connectivity index (χ4n) is 2.57. The first-order chi connectivity index (χ1) is 13.4. The number of nitrogens with one attached hydrogen (secondary N) is 1. The monoisotopic (exact) mass is 408 g/mol. The predicted octanol–water partition coefficient (Wildman–Crippen LogP) is 2.19. The smallest absolute Gasteiger partial charge is 0.369 e. The van der Waals surface area contributed by atoms with Gasteiger partial charge in [0.1, 0.15) is 11.6 Å². The lowest BCUT2D eigenvalue weighted by atomic mass is 10.1. The van der Waals surface area contributed by atoms with Crippen molar-refractivity contribution >= 4 is 23.6 Å². The SMILES string of the molecule is CN(C(=O)C(C#N)=CN=C(N)N1CC(C)(C)NC1=O)c1cccc(C(F)(F)F)c1. The van der Waals surface area contributed by atoms with Crippen molar-refractivity contribution < 1.29 is 22.8 Å². The number of anilines is 1. The van der Waals surface area contributed by atoms with Gasteiger partial charge in [-0.2, -0.15) is 18.4 Å². The maximum absolute atomic E-state index is 12.9. The Hall–Kier alpha value is -3.55. The van der Waals surface area contributed by atoms with Crippen LogP contribution in [0, 0.1) is 11.3 Å². The molecule has 11 heteroatoms. The van der Waals surface area contributed by atoms with Crippen LogP contribution in [-0.2, 0) is 11.0 Å². The first-order valence-electron chi connectivity index (χ1n) is 8.34. The number of amides is 3. The maximum Gasteiger partial charge on any atom is 0.416 e. The Kier molecular flexibility index (Phi) is 5.87. The standard InChI is InChI=1S/C18H19F3N6O2/c1-17(2)10-27(16(29)25-17)15(23)24-9-11(8-22)14(28)26(3)13-6-4-5-12(7-13)18(19,20)21/h4-7,9H,10H2,1-3H3,(H2,23,24)(H,25,29). The van der Waals surface area contributed by atoms with Crippen molar-refractivity contribution in [3.05, 3.63) is 41.6 Å². The largest absolute Gasteiger partial charge is 0.416 e. The van der Waals surface area contributed by atoms with Gasteiger partial charge in [0.05, 0.1) is 23.8 Å². The van der Waals surface area contributed by atoms with Crippen molar-refractivity contribution in [2.45, 2.75) is 25.6 Å². The van der Waals surface area contributed by atoms with Gasteiger partial charge in [0, 0.05) is 12.7 Å². The number of benzene rings is 1. The zero-order valence-corrected chi connectivity index (χ0v) is 15.9. The average Bonchev–Trinajstić information content (AvgIpc) is 2.93. The van der Waals surface area contributed by atoms with Crippen LogP contribution in [-0.4, -0.2) is 41.9 Å². The molecule has 0 atom stereocenters. The summed E-state index contributed by atoms with van der Waals surface area (Å²) >= 11 is 0. The van der Waals surface area contributed by atoms with E-state index < -0.39 is 34.8 Å². The highest BCUT2D eigenvalue weighted by molar-refractivity contribution is 6.08. The number of alkyl halides is 3. The second-order valence-electron chi connectivity index (χ2n) is 6.95. The molecule has 2 rings (SSSR count). The number of nitriles is 1. The number of urea groups is 1. The Bertz CT molecular complexity index is 930. The number of halogens is 3. The van der Waals surface area contributed by atoms with Crippen molar-refractivity contribution in [1.82, 2.24) is 10.2 Å². The van der Waals surface area contributed by atoms with E-state index in [0.29, 0.717) is 0 Å². The fourth-order valence-corrected chi connectivity index (χ4v) is 2.57. The number of nitrogens with zero attached hydrogens (tertiary/aromatic N) is 4. The summed E-state index contributed by atoms with van der Waals surface area (Å²) in [4.78, 5) is 30.2. The molecule has 29 heavy (non-hydrogen) atoms. The normalized spacial score (nSPS) is 17.0. The van der Waals surface area contributed by atoms with E-state index in [9.17, 15) is 28.0 Å². The van der Waals surface area contributed by atoms with Crippen molar-refractivity contribution in [2.24, 2.45) is 10.7 Å². The minimum absolute atomic E-state index is 0.0522. The number of nitrogens with two attached hydrogens (primary N) is 1. The van der Waals surface area contributed by atoms with Gasteiger partial charge in [0.25, 0.3) is 5.91 Å². The summed E-state index contributed by atoms with van der Waals surface area (Å²) < 4.78 is 38.6. The van der Waals surface area contributed by atoms with Gasteiger partial charge >= 0.3 is 12.2 Å². The highest BCUT2D eigenvalue weighted by Gasteiger charge is 2.36. The molecule has 1 aromatic carbocycles. The van der Waals surface area contributed by atoms with E-state index >= 15 is 0 Å². The zero-order valence-electron chi connectivity index (χ0n) is 15.9. The van der Waals surface area contributed by atoms with Gasteiger partial charge in [-0.1, -0.05) is 6.07 Å². The highest BCUT2D eigenvalue weighted by Crippen LogP contribution is 2.31. The Labute approximate surface area is 165 Å². The topological polar surface area (TPSA) is 115 Å². The molecule has 154 valence electrons. The second-order valence-corrected chi connectivity index (χ2v) is 6.95. The number of carbonyl (C=O) groups is 2. The van der Waals surface area contributed by atoms with E-state index in [0.717, 1.165) is 34.2 Å². The van der Waals surface area contributed by atoms with E-state index in [1.165, 1.54) is 13.1 Å². The highest BCUT2D eigenvalue weighted by atomic mass is 19.4. The van der Waals surface area contributed by atoms with E-state index in [2.05, 4.69) is 10.3 Å². The van der Waals surface area contributed by atoms with Crippen molar-refractivity contribution in [2.75, 3.05) is 18.5 Å². The van der Waals surface area contributed by atoms with Crippen LogP contribution in [0.15, 0.2) is 41.0 Å². The van der Waals surface area contributed by atoms with Crippen molar-refractivity contribution in [3.63, 3.8) is 0 Å². The number of guanidine groups is 1. The average molecular weight is 408 g/mol. The number of rotatable bonds is 3. The Morgan fingerprint density at radius 2 is 2.10 bits per heavy atom. The van der Waals surface area contributed by atoms with Crippen LogP contribution in [0.4, 0.5) is 23.7 Å². The Morgan fingerprint density at radius 3 is 2.62 bits per heavy atom. The molecule has 3 amide bonds.